The summed E-state index contributed by atoms with van der Waals surface area (Å²) < 4.78 is 0. The minimum atomic E-state index is 0.118. The summed E-state index contributed by atoms with van der Waals surface area (Å²) in [7, 11) is 0. The first-order chi connectivity index (χ1) is 10.7. The van der Waals surface area contributed by atoms with Gasteiger partial charge in [-0.1, -0.05) is 67.6 Å². The molecule has 3 aromatic carbocycles. The molecular weight excluding hydrogens is 272 g/mol. The molecule has 0 aliphatic heterocycles. The van der Waals surface area contributed by atoms with Gasteiger partial charge in [-0.25, -0.2) is 0 Å². The van der Waals surface area contributed by atoms with Crippen molar-refractivity contribution in [2.75, 3.05) is 0 Å². The minimum Gasteiger partial charge on any atom is -0.507 e. The van der Waals surface area contributed by atoms with Crippen LogP contribution in [0.4, 0.5) is 0 Å². The molecule has 0 atom stereocenters. The number of phenolic OH excluding ortho intramolecular Hbond substituents is 2. The van der Waals surface area contributed by atoms with Gasteiger partial charge in [0.1, 0.15) is 11.5 Å². The van der Waals surface area contributed by atoms with Crippen molar-refractivity contribution in [1.29, 1.82) is 0 Å². The lowest BCUT2D eigenvalue weighted by Crippen LogP contribution is -1.91. The molecule has 0 amide bonds. The largest absolute Gasteiger partial charge is 0.507 e. The van der Waals surface area contributed by atoms with Crippen molar-refractivity contribution in [2.24, 2.45) is 0 Å². The van der Waals surface area contributed by atoms with Crippen LogP contribution in [0.1, 0.15) is 12.5 Å². The van der Waals surface area contributed by atoms with Gasteiger partial charge in [-0.15, -0.1) is 0 Å². The quantitative estimate of drug-likeness (QED) is 0.713. The van der Waals surface area contributed by atoms with Gasteiger partial charge in [0, 0.05) is 5.56 Å². The van der Waals surface area contributed by atoms with Crippen LogP contribution in [0.3, 0.4) is 0 Å². The lowest BCUT2D eigenvalue weighted by Gasteiger charge is -2.16. The zero-order valence-electron chi connectivity index (χ0n) is 12.5. The highest BCUT2D eigenvalue weighted by Gasteiger charge is 2.18. The summed E-state index contributed by atoms with van der Waals surface area (Å²) >= 11 is 0. The van der Waals surface area contributed by atoms with Gasteiger partial charge in [-0.05, 0) is 29.2 Å². The lowest BCUT2D eigenvalue weighted by atomic mass is 9.92. The number of aryl methyl sites for hydroxylation is 1. The highest BCUT2D eigenvalue weighted by atomic mass is 16.3. The predicted octanol–water partition coefficient (Wildman–Crippen LogP) is 4.99. The average Bonchev–Trinajstić information content (AvgIpc) is 2.57. The van der Waals surface area contributed by atoms with E-state index in [1.807, 2.05) is 73.7 Å². The highest BCUT2D eigenvalue weighted by molar-refractivity contribution is 5.87. The number of aromatic hydroxyl groups is 2. The molecule has 22 heavy (non-hydrogen) atoms. The molecule has 0 saturated carbocycles. The normalized spacial score (nSPS) is 10.6. The van der Waals surface area contributed by atoms with Crippen molar-refractivity contribution in [3.05, 3.63) is 72.3 Å². The first-order valence-corrected chi connectivity index (χ1v) is 7.41. The standard InChI is InChI=1S/C20H18O2/c1-2-14-13-17(15-9-5-3-6-10-15)20(22)18(19(14)21)16-11-7-4-8-12-16/h3-13,21-22H,2H2,1H3. The van der Waals surface area contributed by atoms with Gasteiger partial charge in [0.15, 0.2) is 0 Å². The van der Waals surface area contributed by atoms with Crippen LogP contribution < -0.4 is 0 Å². The van der Waals surface area contributed by atoms with E-state index >= 15 is 0 Å². The average molecular weight is 290 g/mol. The fourth-order valence-corrected chi connectivity index (χ4v) is 2.70. The Bertz CT molecular complexity index is 778. The molecule has 0 fully saturated rings. The molecule has 110 valence electrons. The maximum absolute atomic E-state index is 10.7. The topological polar surface area (TPSA) is 40.5 Å². The van der Waals surface area contributed by atoms with E-state index in [0.29, 0.717) is 12.0 Å². The summed E-state index contributed by atoms with van der Waals surface area (Å²) in [6.07, 6.45) is 0.700. The molecule has 2 N–H and O–H groups in total. The number of hydrogen-bond acceptors (Lipinski definition) is 2. The fourth-order valence-electron chi connectivity index (χ4n) is 2.70. The summed E-state index contributed by atoms with van der Waals surface area (Å²) in [6.45, 7) is 2.00. The SMILES string of the molecule is CCc1cc(-c2ccccc2)c(O)c(-c2ccccc2)c1O. The van der Waals surface area contributed by atoms with E-state index in [9.17, 15) is 10.2 Å². The fraction of sp³-hybridized carbons (Fsp3) is 0.100. The molecule has 0 unspecified atom stereocenters. The zero-order chi connectivity index (χ0) is 15.5. The highest BCUT2D eigenvalue weighted by Crippen LogP contribution is 2.45. The second-order valence-corrected chi connectivity index (χ2v) is 5.24. The Kier molecular flexibility index (Phi) is 3.84. The third kappa shape index (κ3) is 2.44. The zero-order valence-corrected chi connectivity index (χ0v) is 12.5. The maximum Gasteiger partial charge on any atom is 0.134 e. The second-order valence-electron chi connectivity index (χ2n) is 5.24. The lowest BCUT2D eigenvalue weighted by molar-refractivity contribution is 0.451. The van der Waals surface area contributed by atoms with Crippen molar-refractivity contribution in [3.8, 4) is 33.8 Å². The van der Waals surface area contributed by atoms with Crippen molar-refractivity contribution in [2.45, 2.75) is 13.3 Å². The van der Waals surface area contributed by atoms with Crippen molar-refractivity contribution in [3.63, 3.8) is 0 Å². The van der Waals surface area contributed by atoms with Crippen molar-refractivity contribution in [1.82, 2.24) is 0 Å². The van der Waals surface area contributed by atoms with E-state index in [0.717, 1.165) is 22.3 Å². The van der Waals surface area contributed by atoms with Gasteiger partial charge in [-0.3, -0.25) is 0 Å². The van der Waals surface area contributed by atoms with Gasteiger partial charge in [0.2, 0.25) is 0 Å². The van der Waals surface area contributed by atoms with Crippen molar-refractivity contribution >= 4 is 0 Å². The molecule has 0 heterocycles. The Labute approximate surface area is 130 Å². The van der Waals surface area contributed by atoms with Crippen molar-refractivity contribution < 1.29 is 10.2 Å². The Balaban J connectivity index is 2.30. The summed E-state index contributed by atoms with van der Waals surface area (Å²) in [5, 5.41) is 21.3. The number of phenols is 2. The molecule has 3 rings (SSSR count). The van der Waals surface area contributed by atoms with Crippen LogP contribution in [0, 0.1) is 0 Å². The summed E-state index contributed by atoms with van der Waals surface area (Å²) in [6, 6.07) is 21.1. The minimum absolute atomic E-state index is 0.118. The summed E-state index contributed by atoms with van der Waals surface area (Å²) in [5.74, 6) is 0.276. The third-order valence-corrected chi connectivity index (χ3v) is 3.88. The molecule has 3 aromatic rings. The molecule has 0 spiro atoms. The monoisotopic (exact) mass is 290 g/mol. The number of rotatable bonds is 3. The Morgan fingerprint density at radius 1 is 0.727 bits per heavy atom. The molecule has 2 nitrogen and oxygen atoms in total. The van der Waals surface area contributed by atoms with E-state index in [1.54, 1.807) is 0 Å². The Hall–Kier alpha value is -2.74. The van der Waals surface area contributed by atoms with Gasteiger partial charge in [0.05, 0.1) is 5.56 Å². The van der Waals surface area contributed by atoms with E-state index in [1.165, 1.54) is 0 Å². The first-order valence-electron chi connectivity index (χ1n) is 7.41. The molecule has 0 saturated heterocycles. The van der Waals surface area contributed by atoms with Crippen LogP contribution in [-0.4, -0.2) is 10.2 Å². The smallest absolute Gasteiger partial charge is 0.134 e. The van der Waals surface area contributed by atoms with Crippen LogP contribution in [0.2, 0.25) is 0 Å². The Morgan fingerprint density at radius 2 is 1.27 bits per heavy atom. The van der Waals surface area contributed by atoms with Crippen LogP contribution in [0.15, 0.2) is 66.7 Å². The summed E-state index contributed by atoms with van der Waals surface area (Å²) in [4.78, 5) is 0. The first kappa shape index (κ1) is 14.2. The van der Waals surface area contributed by atoms with Gasteiger partial charge < -0.3 is 10.2 Å². The van der Waals surface area contributed by atoms with Gasteiger partial charge in [0.25, 0.3) is 0 Å². The number of benzene rings is 3. The molecule has 0 radical (unpaired) electrons. The van der Waals surface area contributed by atoms with Crippen LogP contribution in [-0.2, 0) is 6.42 Å². The molecule has 0 bridgehead atoms. The van der Waals surface area contributed by atoms with E-state index < -0.39 is 0 Å². The maximum atomic E-state index is 10.7. The van der Waals surface area contributed by atoms with Crippen LogP contribution in [0.25, 0.3) is 22.3 Å². The van der Waals surface area contributed by atoms with Crippen LogP contribution in [0.5, 0.6) is 11.5 Å². The second kappa shape index (κ2) is 5.94. The third-order valence-electron chi connectivity index (χ3n) is 3.88. The van der Waals surface area contributed by atoms with Gasteiger partial charge in [-0.2, -0.15) is 0 Å². The molecular formula is C20H18O2. The predicted molar refractivity (Wildman–Crippen MR) is 90.0 cm³/mol. The van der Waals surface area contributed by atoms with Gasteiger partial charge >= 0.3 is 0 Å². The molecule has 0 aromatic heterocycles. The summed E-state index contributed by atoms with van der Waals surface area (Å²) in [5.41, 5.74) is 3.82. The van der Waals surface area contributed by atoms with Crippen LogP contribution >= 0.6 is 0 Å². The molecule has 0 aliphatic rings. The van der Waals surface area contributed by atoms with E-state index in [-0.39, 0.29) is 11.5 Å². The Morgan fingerprint density at radius 3 is 1.82 bits per heavy atom. The van der Waals surface area contributed by atoms with E-state index in [2.05, 4.69) is 0 Å². The molecule has 2 heteroatoms. The van der Waals surface area contributed by atoms with E-state index in [4.69, 9.17) is 0 Å². The molecule has 0 aliphatic carbocycles. The number of hydrogen-bond donors (Lipinski definition) is 2.